The quantitative estimate of drug-likeness (QED) is 0.179. The number of aromatic nitrogens is 3. The number of hydrogen-bond donors (Lipinski definition) is 1. The van der Waals surface area contributed by atoms with Crippen LogP contribution in [-0.4, -0.2) is 32.2 Å². The predicted molar refractivity (Wildman–Crippen MR) is 169 cm³/mol. The van der Waals surface area contributed by atoms with Gasteiger partial charge < -0.3 is 9.84 Å². The van der Waals surface area contributed by atoms with Crippen LogP contribution in [0.5, 0.6) is 5.75 Å². The van der Waals surface area contributed by atoms with E-state index in [0.29, 0.717) is 37.8 Å². The highest BCUT2D eigenvalue weighted by atomic mass is 35.5. The van der Waals surface area contributed by atoms with Crippen LogP contribution in [-0.2, 0) is 19.1 Å². The molecule has 8 nitrogen and oxygen atoms in total. The normalized spacial score (nSPS) is 13.6. The first-order chi connectivity index (χ1) is 21.9. The van der Waals surface area contributed by atoms with Crippen molar-refractivity contribution < 1.29 is 27.8 Å². The lowest BCUT2D eigenvalue weighted by Gasteiger charge is -2.27. The molecule has 0 amide bonds. The van der Waals surface area contributed by atoms with E-state index in [9.17, 15) is 33.1 Å². The maximum Gasteiger partial charge on any atom is 0.416 e. The number of halogens is 4. The number of ether oxygens (including phenoxy) is 1. The Morgan fingerprint density at radius 1 is 1.20 bits per heavy atom. The van der Waals surface area contributed by atoms with Crippen molar-refractivity contribution >= 4 is 50.0 Å². The Hall–Kier alpha value is -4.47. The molecule has 1 aliphatic rings. The molecule has 236 valence electrons. The Labute approximate surface area is 269 Å². The summed E-state index contributed by atoms with van der Waals surface area (Å²) >= 11 is 7.59. The molecular formula is C33H26ClF3N4O4S. The number of fused-ring (bicyclic) bond motifs is 2. The highest BCUT2D eigenvalue weighted by Gasteiger charge is 2.37. The molecule has 0 unspecified atom stereocenters. The molecule has 1 fully saturated rings. The number of alkyl halides is 3. The van der Waals surface area contributed by atoms with Crippen molar-refractivity contribution in [2.45, 2.75) is 52.3 Å². The minimum Gasteiger partial charge on any atom is -0.491 e. The first-order valence-corrected chi connectivity index (χ1v) is 15.7. The topological polar surface area (TPSA) is 118 Å². The maximum atomic E-state index is 14.1. The number of carboxylic acid groups (broad SMARTS) is 1. The van der Waals surface area contributed by atoms with Crippen LogP contribution in [0.1, 0.15) is 57.8 Å². The number of nitriles is 1. The third kappa shape index (κ3) is 5.69. The van der Waals surface area contributed by atoms with Gasteiger partial charge in [0, 0.05) is 27.2 Å². The van der Waals surface area contributed by atoms with Crippen LogP contribution in [0.25, 0.3) is 32.2 Å². The SMILES string of the molecule is Cc1cc(-c2cc(Cl)ccc2OCCn2c(C)nc3cc(C(F)(F)F)c(CC4CCC4)c(C#N)c3c2=O)c2scc(C(=O)O)c2n1. The summed E-state index contributed by atoms with van der Waals surface area (Å²) in [6.07, 6.45) is -2.16. The van der Waals surface area contributed by atoms with Gasteiger partial charge in [0.15, 0.2) is 0 Å². The molecule has 1 aliphatic carbocycles. The molecule has 0 saturated heterocycles. The zero-order chi connectivity index (χ0) is 32.9. The molecule has 1 N–H and O–H groups in total. The smallest absolute Gasteiger partial charge is 0.416 e. The van der Waals surface area contributed by atoms with Crippen LogP contribution in [0.2, 0.25) is 5.02 Å². The van der Waals surface area contributed by atoms with E-state index in [4.69, 9.17) is 16.3 Å². The van der Waals surface area contributed by atoms with Crippen LogP contribution < -0.4 is 10.3 Å². The average molecular weight is 667 g/mol. The lowest BCUT2D eigenvalue weighted by atomic mass is 9.78. The molecule has 0 atom stereocenters. The van der Waals surface area contributed by atoms with Gasteiger partial charge >= 0.3 is 12.1 Å². The van der Waals surface area contributed by atoms with Gasteiger partial charge in [-0.2, -0.15) is 18.4 Å². The standard InChI is InChI=1S/C33H26ClF3N4O4S/c1-16-10-22(30-29(39-16)24(15-46-30)32(43)44)21-12-19(34)6-7-27(21)45-9-8-41-17(2)40-26-13-25(33(35,36)37)20(11-18-4-3-5-18)23(14-38)28(26)31(41)42/h6-7,10,12-13,15,18H,3-5,8-9,11H2,1-2H3,(H,43,44). The second-order valence-electron chi connectivity index (χ2n) is 11.3. The van der Waals surface area contributed by atoms with Crippen LogP contribution >= 0.6 is 22.9 Å². The van der Waals surface area contributed by atoms with Gasteiger partial charge in [-0.3, -0.25) is 14.3 Å². The lowest BCUT2D eigenvalue weighted by molar-refractivity contribution is -0.138. The Bertz CT molecular complexity index is 2150. The zero-order valence-corrected chi connectivity index (χ0v) is 26.2. The summed E-state index contributed by atoms with van der Waals surface area (Å²) in [6, 6.07) is 9.59. The molecule has 6 rings (SSSR count). The minimum atomic E-state index is -4.70. The minimum absolute atomic E-state index is 0.00747. The first kappa shape index (κ1) is 31.5. The number of hydrogen-bond acceptors (Lipinski definition) is 7. The van der Waals surface area contributed by atoms with Gasteiger partial charge in [-0.25, -0.2) is 9.78 Å². The van der Waals surface area contributed by atoms with E-state index in [1.54, 1.807) is 25.1 Å². The second-order valence-corrected chi connectivity index (χ2v) is 12.6. The summed E-state index contributed by atoms with van der Waals surface area (Å²) in [6.45, 7) is 3.23. The third-order valence-electron chi connectivity index (χ3n) is 8.37. The van der Waals surface area contributed by atoms with Crippen LogP contribution in [0.15, 0.2) is 40.5 Å². The molecular weight excluding hydrogens is 641 g/mol. The number of carboxylic acids is 1. The monoisotopic (exact) mass is 666 g/mol. The van der Waals surface area contributed by atoms with E-state index in [2.05, 4.69) is 9.97 Å². The molecule has 2 aromatic carbocycles. The van der Waals surface area contributed by atoms with E-state index in [0.717, 1.165) is 25.3 Å². The van der Waals surface area contributed by atoms with E-state index in [1.165, 1.54) is 28.2 Å². The second kappa shape index (κ2) is 12.0. The van der Waals surface area contributed by atoms with Crippen molar-refractivity contribution in [1.82, 2.24) is 14.5 Å². The highest BCUT2D eigenvalue weighted by Crippen LogP contribution is 2.41. The predicted octanol–water partition coefficient (Wildman–Crippen LogP) is 7.95. The Balaban J connectivity index is 1.37. The summed E-state index contributed by atoms with van der Waals surface area (Å²) in [5.74, 6) is -0.473. The highest BCUT2D eigenvalue weighted by molar-refractivity contribution is 7.18. The Kier molecular flexibility index (Phi) is 8.25. The van der Waals surface area contributed by atoms with Crippen molar-refractivity contribution in [2.24, 2.45) is 5.92 Å². The number of rotatable bonds is 8. The molecule has 5 aromatic rings. The number of carbonyl (C=O) groups is 1. The lowest BCUT2D eigenvalue weighted by Crippen LogP contribution is -2.28. The summed E-state index contributed by atoms with van der Waals surface area (Å²) in [5, 5.41) is 21.5. The van der Waals surface area contributed by atoms with E-state index in [-0.39, 0.29) is 58.9 Å². The molecule has 0 radical (unpaired) electrons. The molecule has 1 saturated carbocycles. The molecule has 3 aromatic heterocycles. The fraction of sp³-hybridized carbons (Fsp3) is 0.303. The van der Waals surface area contributed by atoms with Crippen molar-refractivity contribution in [3.05, 3.63) is 84.9 Å². The van der Waals surface area contributed by atoms with Crippen LogP contribution in [0.3, 0.4) is 0 Å². The van der Waals surface area contributed by atoms with Gasteiger partial charge in [0.05, 0.1) is 44.4 Å². The number of pyridine rings is 1. The van der Waals surface area contributed by atoms with Gasteiger partial charge in [0.2, 0.25) is 0 Å². The van der Waals surface area contributed by atoms with E-state index in [1.807, 2.05) is 12.1 Å². The fourth-order valence-electron chi connectivity index (χ4n) is 5.94. The molecule has 46 heavy (non-hydrogen) atoms. The summed E-state index contributed by atoms with van der Waals surface area (Å²) in [7, 11) is 0. The largest absolute Gasteiger partial charge is 0.491 e. The zero-order valence-electron chi connectivity index (χ0n) is 24.7. The van der Waals surface area contributed by atoms with Crippen molar-refractivity contribution in [3.63, 3.8) is 0 Å². The average Bonchev–Trinajstić information content (AvgIpc) is 3.40. The maximum absolute atomic E-state index is 14.1. The molecule has 0 bridgehead atoms. The Morgan fingerprint density at radius 3 is 2.61 bits per heavy atom. The van der Waals surface area contributed by atoms with Gasteiger partial charge in [0.1, 0.15) is 24.3 Å². The first-order valence-electron chi connectivity index (χ1n) is 14.5. The molecule has 0 spiro atoms. The number of benzene rings is 2. The number of thiophene rings is 1. The van der Waals surface area contributed by atoms with E-state index < -0.39 is 23.3 Å². The summed E-state index contributed by atoms with van der Waals surface area (Å²) < 4.78 is 50.5. The van der Waals surface area contributed by atoms with Gasteiger partial charge in [-0.15, -0.1) is 11.3 Å². The van der Waals surface area contributed by atoms with Crippen molar-refractivity contribution in [2.75, 3.05) is 6.61 Å². The van der Waals surface area contributed by atoms with Gasteiger partial charge in [0.25, 0.3) is 5.56 Å². The van der Waals surface area contributed by atoms with E-state index >= 15 is 0 Å². The molecule has 0 aliphatic heterocycles. The number of aromatic carboxylic acids is 1. The summed E-state index contributed by atoms with van der Waals surface area (Å²) in [4.78, 5) is 34.3. The molecule has 3 heterocycles. The third-order valence-corrected chi connectivity index (χ3v) is 9.60. The Morgan fingerprint density at radius 2 is 1.96 bits per heavy atom. The van der Waals surface area contributed by atoms with Crippen molar-refractivity contribution in [1.29, 1.82) is 5.26 Å². The summed E-state index contributed by atoms with van der Waals surface area (Å²) in [5.41, 5.74) is 0.156. The van der Waals surface area contributed by atoms with Crippen molar-refractivity contribution in [3.8, 4) is 22.9 Å². The fourth-order valence-corrected chi connectivity index (χ4v) is 7.13. The van der Waals surface area contributed by atoms with Crippen LogP contribution in [0, 0.1) is 31.1 Å². The van der Waals surface area contributed by atoms with Gasteiger partial charge in [-0.05, 0) is 62.1 Å². The molecule has 13 heteroatoms. The number of aryl methyl sites for hydroxylation is 2. The number of nitrogens with zero attached hydrogens (tertiary/aromatic N) is 4. The van der Waals surface area contributed by atoms with Gasteiger partial charge in [-0.1, -0.05) is 30.9 Å². The van der Waals surface area contributed by atoms with Crippen LogP contribution in [0.4, 0.5) is 13.2 Å².